The van der Waals surface area contributed by atoms with Crippen LogP contribution in [0.15, 0.2) is 0 Å². The Hall–Kier alpha value is -0.421. The molecule has 6 heteroatoms. The Bertz CT molecular complexity index is 112. The van der Waals surface area contributed by atoms with Gasteiger partial charge in [0, 0.05) is 17.1 Å². The average molecular weight is 197 g/mol. The second-order valence-electron chi connectivity index (χ2n) is 1.21. The molecule has 0 amide bonds. The standard InChI is InChI=1S/C4H7NO4.Cu/c5-1-3(7)9-4(8)2-6;/h6H,1-2,5H2;. The van der Waals surface area contributed by atoms with Crippen LogP contribution in [0.5, 0.6) is 0 Å². The van der Waals surface area contributed by atoms with E-state index in [1.165, 1.54) is 0 Å². The normalized spacial score (nSPS) is 7.80. The van der Waals surface area contributed by atoms with Gasteiger partial charge >= 0.3 is 11.9 Å². The maximum absolute atomic E-state index is 10.1. The molecule has 0 aromatic rings. The third-order valence-electron chi connectivity index (χ3n) is 0.523. The minimum absolute atomic E-state index is 0. The van der Waals surface area contributed by atoms with Crippen molar-refractivity contribution >= 4 is 11.9 Å². The zero-order valence-corrected chi connectivity index (χ0v) is 5.91. The number of esters is 2. The van der Waals surface area contributed by atoms with Crippen LogP contribution in [0.3, 0.4) is 0 Å². The van der Waals surface area contributed by atoms with Crippen molar-refractivity contribution in [2.75, 3.05) is 13.2 Å². The molecule has 0 bridgehead atoms. The van der Waals surface area contributed by atoms with Gasteiger partial charge in [0.15, 0.2) is 0 Å². The summed E-state index contributed by atoms with van der Waals surface area (Å²) in [5.41, 5.74) is 4.77. The largest absolute Gasteiger partial charge is 0.390 e. The Kier molecular flexibility index (Phi) is 8.22. The van der Waals surface area contributed by atoms with Crippen LogP contribution < -0.4 is 5.73 Å². The molecule has 0 rings (SSSR count). The summed E-state index contributed by atoms with van der Waals surface area (Å²) in [6, 6.07) is 0. The number of carbonyl (C=O) groups excluding carboxylic acids is 2. The summed E-state index contributed by atoms with van der Waals surface area (Å²) in [4.78, 5) is 20.1. The maximum Gasteiger partial charge on any atom is 0.339 e. The molecule has 0 heterocycles. The topological polar surface area (TPSA) is 89.6 Å². The molecule has 0 saturated carbocycles. The molecule has 0 aromatic carbocycles. The first kappa shape index (κ1) is 12.3. The third kappa shape index (κ3) is 5.71. The molecule has 63 valence electrons. The molecule has 0 spiro atoms. The van der Waals surface area contributed by atoms with E-state index in [4.69, 9.17) is 10.8 Å². The summed E-state index contributed by atoms with van der Waals surface area (Å²) in [7, 11) is 0. The van der Waals surface area contributed by atoms with E-state index >= 15 is 0 Å². The molecule has 1 radical (unpaired) electrons. The van der Waals surface area contributed by atoms with E-state index < -0.39 is 18.5 Å². The van der Waals surface area contributed by atoms with E-state index in [-0.39, 0.29) is 23.6 Å². The van der Waals surface area contributed by atoms with Crippen LogP contribution in [-0.2, 0) is 31.4 Å². The van der Waals surface area contributed by atoms with Gasteiger partial charge in [-0.1, -0.05) is 0 Å². The van der Waals surface area contributed by atoms with Gasteiger partial charge in [0.05, 0.1) is 6.54 Å². The van der Waals surface area contributed by atoms with Gasteiger partial charge in [-0.25, -0.2) is 4.79 Å². The zero-order valence-electron chi connectivity index (χ0n) is 4.97. The number of nitrogens with two attached hydrogens (primary N) is 1. The summed E-state index contributed by atoms with van der Waals surface area (Å²) >= 11 is 0. The van der Waals surface area contributed by atoms with Gasteiger partial charge in [0.25, 0.3) is 0 Å². The molecule has 0 saturated heterocycles. The molecule has 0 atom stereocenters. The Morgan fingerprint density at radius 3 is 2.20 bits per heavy atom. The first-order valence-electron chi connectivity index (χ1n) is 2.25. The van der Waals surface area contributed by atoms with E-state index in [0.717, 1.165) is 0 Å². The minimum atomic E-state index is -0.981. The molecule has 0 fully saturated rings. The minimum Gasteiger partial charge on any atom is -0.390 e. The van der Waals surface area contributed by atoms with Crippen LogP contribution in [0.2, 0.25) is 0 Å². The van der Waals surface area contributed by atoms with Crippen LogP contribution >= 0.6 is 0 Å². The maximum atomic E-state index is 10.1. The average Bonchev–Trinajstić information content (AvgIpc) is 1.87. The summed E-state index contributed by atoms with van der Waals surface area (Å²) in [6.07, 6.45) is 0. The SMILES string of the molecule is NCC(=O)OC(=O)CO.[Cu]. The number of aliphatic hydroxyl groups excluding tert-OH is 1. The van der Waals surface area contributed by atoms with Gasteiger partial charge in [0.1, 0.15) is 6.61 Å². The second kappa shape index (κ2) is 6.70. The first-order valence-corrected chi connectivity index (χ1v) is 2.25. The van der Waals surface area contributed by atoms with Gasteiger partial charge in [-0.3, -0.25) is 4.79 Å². The molecule has 0 unspecified atom stereocenters. The molecular formula is C4H7CuNO4. The van der Waals surface area contributed by atoms with Crippen molar-refractivity contribution in [2.45, 2.75) is 0 Å². The summed E-state index contributed by atoms with van der Waals surface area (Å²) < 4.78 is 3.90. The Balaban J connectivity index is 0. The molecule has 0 aliphatic carbocycles. The van der Waals surface area contributed by atoms with Crippen molar-refractivity contribution in [2.24, 2.45) is 5.73 Å². The fourth-order valence-electron chi connectivity index (χ4n) is 0.201. The Labute approximate surface area is 68.0 Å². The van der Waals surface area contributed by atoms with Crippen molar-refractivity contribution in [1.29, 1.82) is 0 Å². The van der Waals surface area contributed by atoms with Crippen LogP contribution in [0.4, 0.5) is 0 Å². The molecule has 0 aliphatic rings. The predicted octanol–water partition coefficient (Wildman–Crippen LogP) is -2.00. The van der Waals surface area contributed by atoms with Gasteiger partial charge < -0.3 is 15.6 Å². The zero-order chi connectivity index (χ0) is 7.28. The summed E-state index contributed by atoms with van der Waals surface area (Å²) in [5, 5.41) is 8.01. The van der Waals surface area contributed by atoms with Crippen molar-refractivity contribution in [3.63, 3.8) is 0 Å². The van der Waals surface area contributed by atoms with E-state index in [0.29, 0.717) is 0 Å². The number of ether oxygens (including phenoxy) is 1. The third-order valence-corrected chi connectivity index (χ3v) is 0.523. The number of hydrogen-bond donors (Lipinski definition) is 2. The summed E-state index contributed by atoms with van der Waals surface area (Å²) in [6.45, 7) is -1.16. The number of aliphatic hydroxyl groups is 1. The van der Waals surface area contributed by atoms with Crippen molar-refractivity contribution in [3.8, 4) is 0 Å². The molecular weight excluding hydrogens is 190 g/mol. The first-order chi connectivity index (χ1) is 4.20. The second-order valence-corrected chi connectivity index (χ2v) is 1.21. The van der Waals surface area contributed by atoms with Gasteiger partial charge in [0.2, 0.25) is 0 Å². The van der Waals surface area contributed by atoms with E-state index in [1.807, 2.05) is 0 Å². The van der Waals surface area contributed by atoms with Crippen molar-refractivity contribution in [3.05, 3.63) is 0 Å². The monoisotopic (exact) mass is 196 g/mol. The van der Waals surface area contributed by atoms with Crippen LogP contribution in [0.25, 0.3) is 0 Å². The van der Waals surface area contributed by atoms with E-state index in [2.05, 4.69) is 4.74 Å². The Morgan fingerprint density at radius 2 is 1.90 bits per heavy atom. The van der Waals surface area contributed by atoms with Crippen LogP contribution in [0.1, 0.15) is 0 Å². The molecule has 3 N–H and O–H groups in total. The Morgan fingerprint density at radius 1 is 1.40 bits per heavy atom. The van der Waals surface area contributed by atoms with E-state index in [9.17, 15) is 9.59 Å². The quantitative estimate of drug-likeness (QED) is 0.303. The molecule has 0 aromatic heterocycles. The number of carbonyl (C=O) groups is 2. The number of rotatable bonds is 2. The van der Waals surface area contributed by atoms with Gasteiger partial charge in [-0.15, -0.1) is 0 Å². The van der Waals surface area contributed by atoms with Crippen molar-refractivity contribution in [1.82, 2.24) is 0 Å². The van der Waals surface area contributed by atoms with Crippen LogP contribution in [-0.4, -0.2) is 30.2 Å². The van der Waals surface area contributed by atoms with Gasteiger partial charge in [-0.05, 0) is 0 Å². The molecule has 5 nitrogen and oxygen atoms in total. The van der Waals surface area contributed by atoms with Gasteiger partial charge in [-0.2, -0.15) is 0 Å². The predicted molar refractivity (Wildman–Crippen MR) is 27.2 cm³/mol. The van der Waals surface area contributed by atoms with E-state index in [1.54, 1.807) is 0 Å². The molecule has 0 aliphatic heterocycles. The van der Waals surface area contributed by atoms with Crippen molar-refractivity contribution < 1.29 is 36.5 Å². The smallest absolute Gasteiger partial charge is 0.339 e. The fourth-order valence-corrected chi connectivity index (χ4v) is 0.201. The van der Waals surface area contributed by atoms with Crippen LogP contribution in [0, 0.1) is 0 Å². The summed E-state index contributed by atoms with van der Waals surface area (Å²) in [5.74, 6) is -1.82. The number of hydrogen-bond acceptors (Lipinski definition) is 5. The fraction of sp³-hybridized carbons (Fsp3) is 0.500. The molecule has 10 heavy (non-hydrogen) atoms.